The quantitative estimate of drug-likeness (QED) is 0.291. The average Bonchev–Trinajstić information content (AvgIpc) is 2.76. The van der Waals surface area contributed by atoms with Crippen molar-refractivity contribution in [3.8, 4) is 0 Å². The van der Waals surface area contributed by atoms with Gasteiger partial charge in [-0.05, 0) is 79.5 Å². The van der Waals surface area contributed by atoms with E-state index in [-0.39, 0.29) is 27.7 Å². The molecule has 1 aromatic heterocycles. The fraction of sp³-hybridized carbons (Fsp3) is 0.571. The molecule has 1 aromatic carbocycles. The molecule has 0 radical (unpaired) electrons. The van der Waals surface area contributed by atoms with E-state index in [1.807, 2.05) is 9.80 Å². The van der Waals surface area contributed by atoms with Gasteiger partial charge in [0.05, 0.1) is 5.56 Å². The molecule has 6 rings (SSSR count). The highest BCUT2D eigenvalue weighted by Gasteiger charge is 2.58. The van der Waals surface area contributed by atoms with E-state index in [2.05, 4.69) is 4.98 Å². The van der Waals surface area contributed by atoms with Crippen LogP contribution in [0, 0.1) is 16.7 Å². The smallest absolute Gasteiger partial charge is 0.323 e. The van der Waals surface area contributed by atoms with Gasteiger partial charge in [-0.25, -0.2) is 4.79 Å². The molecule has 11 heteroatoms. The highest BCUT2D eigenvalue weighted by Crippen LogP contribution is 2.57. The number of benzene rings is 1. The van der Waals surface area contributed by atoms with Gasteiger partial charge in [-0.2, -0.15) is 26.3 Å². The fourth-order valence-corrected chi connectivity index (χ4v) is 7.89. The maximum atomic E-state index is 13.4. The SMILES string of the molecule is CSc1ccc(CC2CC3(C2)CN(C(=O)N2CC4(CC(c5ccc(C(F)(F)F)nc5)C4)C2)C3)cc1C(F)(F)F. The molecular formula is C28H29F6N3OS. The minimum atomic E-state index is -4.44. The number of hydrogen-bond acceptors (Lipinski definition) is 3. The van der Waals surface area contributed by atoms with Crippen LogP contribution in [-0.2, 0) is 18.8 Å². The Balaban J connectivity index is 0.939. The van der Waals surface area contributed by atoms with Gasteiger partial charge in [-0.3, -0.25) is 4.98 Å². The highest BCUT2D eigenvalue weighted by atomic mass is 32.2. The number of amides is 2. The second-order valence-corrected chi connectivity index (χ2v) is 12.9. The zero-order chi connectivity index (χ0) is 27.8. The highest BCUT2D eigenvalue weighted by molar-refractivity contribution is 7.98. The van der Waals surface area contributed by atoms with E-state index in [0.717, 1.165) is 49.1 Å². The summed E-state index contributed by atoms with van der Waals surface area (Å²) in [6, 6.07) is 7.22. The molecule has 2 saturated carbocycles. The third-order valence-corrected chi connectivity index (χ3v) is 9.89. The molecule has 0 bridgehead atoms. The second-order valence-electron chi connectivity index (χ2n) is 12.1. The Kier molecular flexibility index (Phi) is 6.21. The van der Waals surface area contributed by atoms with Crippen molar-refractivity contribution in [2.24, 2.45) is 16.7 Å². The summed E-state index contributed by atoms with van der Waals surface area (Å²) in [7, 11) is 0. The number of pyridine rings is 1. The van der Waals surface area contributed by atoms with Gasteiger partial charge in [0.15, 0.2) is 0 Å². The van der Waals surface area contributed by atoms with Gasteiger partial charge in [0.1, 0.15) is 5.69 Å². The molecule has 2 aliphatic heterocycles. The molecule has 0 atom stereocenters. The minimum absolute atomic E-state index is 0.0387. The first-order chi connectivity index (χ1) is 18.3. The van der Waals surface area contributed by atoms with Crippen LogP contribution in [0.3, 0.4) is 0 Å². The number of likely N-dealkylation sites (tertiary alicyclic amines) is 2. The number of alkyl halides is 6. The largest absolute Gasteiger partial charge is 0.433 e. The summed E-state index contributed by atoms with van der Waals surface area (Å²) in [4.78, 5) is 20.5. The first-order valence-electron chi connectivity index (χ1n) is 13.1. The van der Waals surface area contributed by atoms with Crippen molar-refractivity contribution in [3.05, 3.63) is 58.9 Å². The summed E-state index contributed by atoms with van der Waals surface area (Å²) in [6.07, 6.45) is -1.66. The zero-order valence-corrected chi connectivity index (χ0v) is 22.2. The number of thioether (sulfide) groups is 1. The van der Waals surface area contributed by atoms with Gasteiger partial charge in [-0.15, -0.1) is 11.8 Å². The molecule has 2 saturated heterocycles. The maximum absolute atomic E-state index is 13.4. The Morgan fingerprint density at radius 1 is 0.923 bits per heavy atom. The monoisotopic (exact) mass is 569 g/mol. The predicted molar refractivity (Wildman–Crippen MR) is 134 cm³/mol. The second kappa shape index (κ2) is 9.04. The van der Waals surface area contributed by atoms with Crippen LogP contribution >= 0.6 is 11.8 Å². The number of rotatable bonds is 4. The molecule has 4 aliphatic rings. The van der Waals surface area contributed by atoms with E-state index in [9.17, 15) is 31.1 Å². The van der Waals surface area contributed by atoms with Crippen LogP contribution in [-0.4, -0.2) is 53.2 Å². The molecule has 2 amide bonds. The van der Waals surface area contributed by atoms with Crippen LogP contribution in [0.1, 0.15) is 54.0 Å². The fourth-order valence-electron chi connectivity index (χ4n) is 7.30. The van der Waals surface area contributed by atoms with Crippen molar-refractivity contribution in [2.45, 2.75) is 55.3 Å². The van der Waals surface area contributed by atoms with E-state index >= 15 is 0 Å². The third kappa shape index (κ3) is 4.89. The van der Waals surface area contributed by atoms with E-state index in [0.29, 0.717) is 44.1 Å². The van der Waals surface area contributed by atoms with Gasteiger partial charge in [0.25, 0.3) is 0 Å². The predicted octanol–water partition coefficient (Wildman–Crippen LogP) is 7.10. The van der Waals surface area contributed by atoms with Crippen LogP contribution in [0.5, 0.6) is 0 Å². The molecule has 210 valence electrons. The summed E-state index contributed by atoms with van der Waals surface area (Å²) in [5, 5.41) is 0. The van der Waals surface area contributed by atoms with Crippen molar-refractivity contribution >= 4 is 17.8 Å². The minimum Gasteiger partial charge on any atom is -0.323 e. The lowest BCUT2D eigenvalue weighted by Gasteiger charge is -2.63. The first-order valence-corrected chi connectivity index (χ1v) is 14.3. The Labute approximate surface area is 227 Å². The van der Waals surface area contributed by atoms with Crippen molar-refractivity contribution in [1.82, 2.24) is 14.8 Å². The van der Waals surface area contributed by atoms with Gasteiger partial charge >= 0.3 is 18.4 Å². The Hall–Kier alpha value is -2.43. The molecule has 0 unspecified atom stereocenters. The molecule has 3 heterocycles. The van der Waals surface area contributed by atoms with Gasteiger partial charge in [-0.1, -0.05) is 12.1 Å². The number of hydrogen-bond donors (Lipinski definition) is 0. The van der Waals surface area contributed by atoms with E-state index < -0.39 is 23.6 Å². The van der Waals surface area contributed by atoms with E-state index in [1.54, 1.807) is 18.4 Å². The first kappa shape index (κ1) is 26.8. The molecule has 2 aliphatic carbocycles. The topological polar surface area (TPSA) is 36.4 Å². The summed E-state index contributed by atoms with van der Waals surface area (Å²) >= 11 is 1.10. The van der Waals surface area contributed by atoms with Gasteiger partial charge in [0, 0.05) is 48.1 Å². The summed E-state index contributed by atoms with van der Waals surface area (Å²) in [5.74, 6) is 0.516. The number of nitrogens with zero attached hydrogens (tertiary/aromatic N) is 3. The lowest BCUT2D eigenvalue weighted by molar-refractivity contribution is -0.141. The van der Waals surface area contributed by atoms with Crippen LogP contribution < -0.4 is 0 Å². The van der Waals surface area contributed by atoms with E-state index in [1.165, 1.54) is 18.3 Å². The van der Waals surface area contributed by atoms with E-state index in [4.69, 9.17) is 0 Å². The molecule has 2 spiro atoms. The lowest BCUT2D eigenvalue weighted by Crippen LogP contribution is -2.70. The van der Waals surface area contributed by atoms with Crippen molar-refractivity contribution in [2.75, 3.05) is 32.4 Å². The van der Waals surface area contributed by atoms with Crippen LogP contribution in [0.25, 0.3) is 0 Å². The molecule has 0 N–H and O–H groups in total. The third-order valence-electron chi connectivity index (χ3n) is 9.09. The number of aromatic nitrogens is 1. The lowest BCUT2D eigenvalue weighted by atomic mass is 9.55. The summed E-state index contributed by atoms with van der Waals surface area (Å²) in [6.45, 7) is 2.75. The Bertz CT molecular complexity index is 1250. The summed E-state index contributed by atoms with van der Waals surface area (Å²) < 4.78 is 78.4. The molecule has 2 aromatic rings. The molecular weight excluding hydrogens is 540 g/mol. The van der Waals surface area contributed by atoms with Crippen molar-refractivity contribution in [1.29, 1.82) is 0 Å². The Morgan fingerprint density at radius 3 is 2.05 bits per heavy atom. The van der Waals surface area contributed by atoms with Gasteiger partial charge < -0.3 is 9.80 Å². The molecule has 4 fully saturated rings. The van der Waals surface area contributed by atoms with Crippen molar-refractivity contribution in [3.63, 3.8) is 0 Å². The summed E-state index contributed by atoms with van der Waals surface area (Å²) in [5.41, 5.74) is 0.246. The standard InChI is InChI=1S/C28H29F6N3OS/c1-39-22-4-2-17(7-21(22)27(29,30)31)6-18-8-25(9-18)13-36(14-25)24(38)37-15-26(16-37)10-20(11-26)19-3-5-23(35-12-19)28(32,33)34/h2-5,7,12,18,20H,6,8-11,13-16H2,1H3. The number of carbonyl (C=O) groups is 1. The number of urea groups is 1. The molecule has 4 nitrogen and oxygen atoms in total. The van der Waals surface area contributed by atoms with Crippen LogP contribution in [0.4, 0.5) is 31.1 Å². The average molecular weight is 570 g/mol. The van der Waals surface area contributed by atoms with Gasteiger partial charge in [0.2, 0.25) is 0 Å². The number of carbonyl (C=O) groups excluding carboxylic acids is 1. The Morgan fingerprint density at radius 2 is 1.54 bits per heavy atom. The maximum Gasteiger partial charge on any atom is 0.433 e. The van der Waals surface area contributed by atoms with Crippen LogP contribution in [0.2, 0.25) is 0 Å². The number of halogens is 6. The molecule has 39 heavy (non-hydrogen) atoms. The zero-order valence-electron chi connectivity index (χ0n) is 21.4. The van der Waals surface area contributed by atoms with Crippen LogP contribution in [0.15, 0.2) is 41.4 Å². The van der Waals surface area contributed by atoms with Crippen molar-refractivity contribution < 1.29 is 31.1 Å². The normalized spacial score (nSPS) is 22.3.